The van der Waals surface area contributed by atoms with Crippen molar-refractivity contribution < 1.29 is 4.79 Å². The number of nitrogens with zero attached hydrogens (tertiary/aromatic N) is 4. The van der Waals surface area contributed by atoms with Crippen molar-refractivity contribution in [2.45, 2.75) is 58.4 Å². The SMILES string of the molecule is CCn1ccnc1N1CCN(C(=O)CCC2CCCCC2)CC1. The maximum absolute atomic E-state index is 12.4. The molecule has 1 saturated heterocycles. The van der Waals surface area contributed by atoms with Gasteiger partial charge in [-0.15, -0.1) is 0 Å². The van der Waals surface area contributed by atoms with Crippen LogP contribution in [0.15, 0.2) is 12.4 Å². The first-order valence-electron chi connectivity index (χ1n) is 9.31. The van der Waals surface area contributed by atoms with Crippen LogP contribution in [0.5, 0.6) is 0 Å². The second-order valence-corrected chi connectivity index (χ2v) is 6.92. The van der Waals surface area contributed by atoms with Gasteiger partial charge in [-0.1, -0.05) is 32.1 Å². The van der Waals surface area contributed by atoms with Gasteiger partial charge in [0.1, 0.15) is 0 Å². The molecule has 0 bridgehead atoms. The van der Waals surface area contributed by atoms with Gasteiger partial charge in [-0.2, -0.15) is 0 Å². The van der Waals surface area contributed by atoms with Gasteiger partial charge in [0.05, 0.1) is 0 Å². The number of aromatic nitrogens is 2. The average Bonchev–Trinajstić information content (AvgIpc) is 3.09. The van der Waals surface area contributed by atoms with Crippen LogP contribution in [0.1, 0.15) is 51.9 Å². The molecule has 0 unspecified atom stereocenters. The van der Waals surface area contributed by atoms with Crippen molar-refractivity contribution in [3.05, 3.63) is 12.4 Å². The van der Waals surface area contributed by atoms with E-state index in [0.29, 0.717) is 5.91 Å². The van der Waals surface area contributed by atoms with Crippen LogP contribution >= 0.6 is 0 Å². The van der Waals surface area contributed by atoms with Crippen LogP contribution < -0.4 is 4.90 Å². The number of anilines is 1. The Hall–Kier alpha value is -1.52. The number of rotatable bonds is 5. The zero-order chi connectivity index (χ0) is 16.1. The molecule has 1 aliphatic heterocycles. The second-order valence-electron chi connectivity index (χ2n) is 6.92. The van der Waals surface area contributed by atoms with Gasteiger partial charge in [0, 0.05) is 51.5 Å². The highest BCUT2D eigenvalue weighted by Crippen LogP contribution is 2.27. The Labute approximate surface area is 139 Å². The minimum absolute atomic E-state index is 0.356. The molecule has 0 radical (unpaired) electrons. The Balaban J connectivity index is 1.44. The van der Waals surface area contributed by atoms with Gasteiger partial charge in [0.15, 0.2) is 0 Å². The summed E-state index contributed by atoms with van der Waals surface area (Å²) >= 11 is 0. The van der Waals surface area contributed by atoms with Crippen molar-refractivity contribution in [2.24, 2.45) is 5.92 Å². The largest absolute Gasteiger partial charge is 0.339 e. The van der Waals surface area contributed by atoms with Crippen LogP contribution in [0.4, 0.5) is 5.95 Å². The molecule has 0 atom stereocenters. The number of carbonyl (C=O) groups is 1. The molecule has 2 heterocycles. The average molecular weight is 318 g/mol. The summed E-state index contributed by atoms with van der Waals surface area (Å²) in [6.07, 6.45) is 12.5. The van der Waals surface area contributed by atoms with E-state index in [4.69, 9.17) is 0 Å². The van der Waals surface area contributed by atoms with Crippen molar-refractivity contribution in [2.75, 3.05) is 31.1 Å². The lowest BCUT2D eigenvalue weighted by Crippen LogP contribution is -2.49. The lowest BCUT2D eigenvalue weighted by molar-refractivity contribution is -0.131. The highest BCUT2D eigenvalue weighted by molar-refractivity contribution is 5.76. The highest BCUT2D eigenvalue weighted by atomic mass is 16.2. The molecule has 2 aliphatic rings. The van der Waals surface area contributed by atoms with E-state index in [0.717, 1.165) is 57.4 Å². The zero-order valence-corrected chi connectivity index (χ0v) is 14.4. The van der Waals surface area contributed by atoms with E-state index in [1.807, 2.05) is 12.4 Å². The first kappa shape index (κ1) is 16.3. The lowest BCUT2D eigenvalue weighted by atomic mass is 9.86. The Morgan fingerprint density at radius 3 is 2.61 bits per heavy atom. The van der Waals surface area contributed by atoms with Crippen LogP contribution in [0.3, 0.4) is 0 Å². The van der Waals surface area contributed by atoms with Gasteiger partial charge in [-0.3, -0.25) is 4.79 Å². The summed E-state index contributed by atoms with van der Waals surface area (Å²) in [7, 11) is 0. The molecule has 1 aromatic heterocycles. The van der Waals surface area contributed by atoms with Crippen LogP contribution in [0.2, 0.25) is 0 Å². The molecule has 1 amide bonds. The number of hydrogen-bond donors (Lipinski definition) is 0. The summed E-state index contributed by atoms with van der Waals surface area (Å²) in [4.78, 5) is 21.3. The normalized spacial score (nSPS) is 20.0. The third-order valence-electron chi connectivity index (χ3n) is 5.44. The second kappa shape index (κ2) is 7.84. The van der Waals surface area contributed by atoms with Crippen molar-refractivity contribution in [3.8, 4) is 0 Å². The predicted molar refractivity (Wildman–Crippen MR) is 92.5 cm³/mol. The van der Waals surface area contributed by atoms with Gasteiger partial charge in [-0.25, -0.2) is 4.98 Å². The third-order valence-corrected chi connectivity index (χ3v) is 5.44. The number of imidazole rings is 1. The highest BCUT2D eigenvalue weighted by Gasteiger charge is 2.24. The van der Waals surface area contributed by atoms with Crippen LogP contribution in [-0.2, 0) is 11.3 Å². The molecule has 1 saturated carbocycles. The summed E-state index contributed by atoms with van der Waals surface area (Å²) in [6.45, 7) is 6.53. The van der Waals surface area contributed by atoms with E-state index in [9.17, 15) is 4.79 Å². The first-order valence-corrected chi connectivity index (χ1v) is 9.31. The van der Waals surface area contributed by atoms with E-state index in [1.54, 1.807) is 0 Å². The van der Waals surface area contributed by atoms with Crippen molar-refractivity contribution >= 4 is 11.9 Å². The van der Waals surface area contributed by atoms with E-state index < -0.39 is 0 Å². The first-order chi connectivity index (χ1) is 11.3. The van der Waals surface area contributed by atoms with Crippen molar-refractivity contribution in [1.82, 2.24) is 14.5 Å². The zero-order valence-electron chi connectivity index (χ0n) is 14.4. The van der Waals surface area contributed by atoms with E-state index in [-0.39, 0.29) is 0 Å². The standard InChI is InChI=1S/C18H30N4O/c1-2-20-11-10-19-18(20)22-14-12-21(13-15-22)17(23)9-8-16-6-4-3-5-7-16/h10-11,16H,2-9,12-15H2,1H3. The van der Waals surface area contributed by atoms with Crippen molar-refractivity contribution in [1.29, 1.82) is 0 Å². The van der Waals surface area contributed by atoms with E-state index in [2.05, 4.69) is 26.3 Å². The number of hydrogen-bond acceptors (Lipinski definition) is 3. The van der Waals surface area contributed by atoms with Crippen LogP contribution in [0, 0.1) is 5.92 Å². The fourth-order valence-electron chi connectivity index (χ4n) is 3.95. The molecule has 0 spiro atoms. The van der Waals surface area contributed by atoms with Crippen LogP contribution in [-0.4, -0.2) is 46.5 Å². The van der Waals surface area contributed by atoms with Crippen molar-refractivity contribution in [3.63, 3.8) is 0 Å². The Morgan fingerprint density at radius 1 is 1.17 bits per heavy atom. The molecular weight excluding hydrogens is 288 g/mol. The fraction of sp³-hybridized carbons (Fsp3) is 0.778. The summed E-state index contributed by atoms with van der Waals surface area (Å²) in [5.74, 6) is 2.20. The number of amides is 1. The topological polar surface area (TPSA) is 41.4 Å². The molecule has 2 fully saturated rings. The Morgan fingerprint density at radius 2 is 1.91 bits per heavy atom. The van der Waals surface area contributed by atoms with E-state index >= 15 is 0 Å². The molecule has 0 aromatic carbocycles. The fourth-order valence-corrected chi connectivity index (χ4v) is 3.95. The monoisotopic (exact) mass is 318 g/mol. The van der Waals surface area contributed by atoms with Gasteiger partial charge >= 0.3 is 0 Å². The number of piperazine rings is 1. The molecule has 0 N–H and O–H groups in total. The van der Waals surface area contributed by atoms with Gasteiger partial charge < -0.3 is 14.4 Å². The minimum Gasteiger partial charge on any atom is -0.339 e. The smallest absolute Gasteiger partial charge is 0.222 e. The molecule has 1 aromatic rings. The molecule has 5 heteroatoms. The molecule has 3 rings (SSSR count). The number of carbonyl (C=O) groups excluding carboxylic acids is 1. The van der Waals surface area contributed by atoms with Gasteiger partial charge in [-0.05, 0) is 19.3 Å². The molecule has 23 heavy (non-hydrogen) atoms. The summed E-state index contributed by atoms with van der Waals surface area (Å²) in [5, 5.41) is 0. The minimum atomic E-state index is 0.356. The maximum Gasteiger partial charge on any atom is 0.222 e. The van der Waals surface area contributed by atoms with E-state index in [1.165, 1.54) is 32.1 Å². The quantitative estimate of drug-likeness (QED) is 0.838. The van der Waals surface area contributed by atoms with Crippen LogP contribution in [0.25, 0.3) is 0 Å². The van der Waals surface area contributed by atoms with Gasteiger partial charge in [0.25, 0.3) is 0 Å². The summed E-state index contributed by atoms with van der Waals surface area (Å²) in [6, 6.07) is 0. The third kappa shape index (κ3) is 4.06. The molecular formula is C18H30N4O. The summed E-state index contributed by atoms with van der Waals surface area (Å²) in [5.41, 5.74) is 0. The van der Waals surface area contributed by atoms with Gasteiger partial charge in [0.2, 0.25) is 11.9 Å². The Kier molecular flexibility index (Phi) is 5.57. The maximum atomic E-state index is 12.4. The molecule has 128 valence electrons. The lowest BCUT2D eigenvalue weighted by Gasteiger charge is -2.35. The number of aryl methyl sites for hydroxylation is 1. The molecule has 1 aliphatic carbocycles. The summed E-state index contributed by atoms with van der Waals surface area (Å²) < 4.78 is 2.17. The molecule has 5 nitrogen and oxygen atoms in total. The Bertz CT molecular complexity index is 499. The predicted octanol–water partition coefficient (Wildman–Crippen LogP) is 2.91.